The van der Waals surface area contributed by atoms with E-state index in [2.05, 4.69) is 184 Å². The van der Waals surface area contributed by atoms with Gasteiger partial charge in [0.2, 0.25) is 5.96 Å². The molecule has 0 fully saturated rings. The molecule has 2 aromatic heterocycles. The van der Waals surface area contributed by atoms with Crippen LogP contribution in [-0.4, -0.2) is 26.5 Å². The minimum absolute atomic E-state index is 0.741. The molecule has 0 spiro atoms. The molecule has 48 heavy (non-hydrogen) atoms. The van der Waals surface area contributed by atoms with E-state index in [-0.39, 0.29) is 0 Å². The summed E-state index contributed by atoms with van der Waals surface area (Å²) >= 11 is 0. The van der Waals surface area contributed by atoms with Crippen LogP contribution in [0.2, 0.25) is 0 Å². The van der Waals surface area contributed by atoms with Crippen LogP contribution in [0.15, 0.2) is 181 Å². The Labute approximate surface area is 278 Å². The third-order valence-corrected chi connectivity index (χ3v) is 9.83. The van der Waals surface area contributed by atoms with Gasteiger partial charge in [-0.15, -0.1) is 0 Å². The van der Waals surface area contributed by atoms with Crippen LogP contribution in [0.5, 0.6) is 0 Å². The van der Waals surface area contributed by atoms with Gasteiger partial charge in [0.05, 0.1) is 22.2 Å². The van der Waals surface area contributed by atoms with Crippen molar-refractivity contribution in [3.05, 3.63) is 181 Å². The van der Waals surface area contributed by atoms with Crippen LogP contribution in [-0.2, 0) is 0 Å². The molecule has 4 heteroatoms. The molecular formula is C44H30N4. The summed E-state index contributed by atoms with van der Waals surface area (Å²) in [5, 5.41) is 6.17. The van der Waals surface area contributed by atoms with Gasteiger partial charge in [-0.1, -0.05) is 121 Å². The van der Waals surface area contributed by atoms with E-state index in [0.29, 0.717) is 0 Å². The van der Waals surface area contributed by atoms with E-state index in [9.17, 15) is 0 Å². The maximum Gasteiger partial charge on any atom is 0.215 e. The number of hydrogen-bond acceptors (Lipinski definition) is 2. The Morgan fingerprint density at radius 2 is 1.33 bits per heavy atom. The lowest BCUT2D eigenvalue weighted by molar-refractivity contribution is 0.562. The van der Waals surface area contributed by atoms with Gasteiger partial charge in [0.1, 0.15) is 0 Å². The van der Waals surface area contributed by atoms with Gasteiger partial charge < -0.3 is 9.47 Å². The fraction of sp³-hybridized carbons (Fsp3) is 0.0227. The largest absolute Gasteiger partial charge is 0.316 e. The number of aromatic nitrogens is 2. The van der Waals surface area contributed by atoms with Crippen LogP contribution in [0, 0.1) is 0 Å². The van der Waals surface area contributed by atoms with Gasteiger partial charge in [0.15, 0.2) is 0 Å². The zero-order valence-electron chi connectivity index (χ0n) is 26.2. The minimum Gasteiger partial charge on any atom is -0.316 e. The zero-order chi connectivity index (χ0) is 31.6. The fourth-order valence-electron chi connectivity index (χ4n) is 7.60. The zero-order valence-corrected chi connectivity index (χ0v) is 26.2. The molecular weight excluding hydrogens is 585 g/mol. The number of aliphatic imine (C=N–C) groups is 1. The van der Waals surface area contributed by atoms with Crippen LogP contribution in [0.25, 0.3) is 65.9 Å². The quantitative estimate of drug-likeness (QED) is 0.194. The maximum absolute atomic E-state index is 5.27. The van der Waals surface area contributed by atoms with Crippen LogP contribution < -0.4 is 0 Å². The first-order chi connectivity index (χ1) is 23.8. The Morgan fingerprint density at radius 1 is 0.562 bits per heavy atom. The van der Waals surface area contributed by atoms with Gasteiger partial charge in [0, 0.05) is 46.4 Å². The Hall–Kier alpha value is -6.39. The van der Waals surface area contributed by atoms with Gasteiger partial charge in [-0.25, -0.2) is 4.99 Å². The monoisotopic (exact) mass is 614 g/mol. The summed E-state index contributed by atoms with van der Waals surface area (Å²) in [6, 6.07) is 50.1. The fourth-order valence-corrected chi connectivity index (χ4v) is 7.60. The van der Waals surface area contributed by atoms with Gasteiger partial charge in [-0.3, -0.25) is 4.57 Å². The van der Waals surface area contributed by atoms with Crippen LogP contribution in [0.4, 0.5) is 0 Å². The lowest BCUT2D eigenvalue weighted by Crippen LogP contribution is -2.38. The number of hydrogen-bond donors (Lipinski definition) is 0. The number of rotatable bonds is 3. The number of benzene rings is 6. The van der Waals surface area contributed by atoms with Crippen LogP contribution in [0.1, 0.15) is 5.56 Å². The van der Waals surface area contributed by atoms with Crippen molar-refractivity contribution in [2.45, 2.75) is 0 Å². The molecule has 10 rings (SSSR count). The van der Waals surface area contributed by atoms with E-state index in [1.165, 1.54) is 49.1 Å². The summed E-state index contributed by atoms with van der Waals surface area (Å²) < 4.78 is 4.64. The van der Waals surface area contributed by atoms with Crippen LogP contribution >= 0.6 is 0 Å². The predicted molar refractivity (Wildman–Crippen MR) is 200 cm³/mol. The molecule has 0 bridgehead atoms. The summed E-state index contributed by atoms with van der Waals surface area (Å²) in [6.07, 6.45) is 10.8. The molecule has 0 saturated heterocycles. The molecule has 2 aliphatic heterocycles. The molecule has 0 aliphatic carbocycles. The third-order valence-electron chi connectivity index (χ3n) is 9.83. The van der Waals surface area contributed by atoms with E-state index < -0.39 is 0 Å². The molecule has 0 radical (unpaired) electrons. The van der Waals surface area contributed by atoms with Crippen molar-refractivity contribution in [2.75, 3.05) is 6.54 Å². The van der Waals surface area contributed by atoms with Crippen molar-refractivity contribution in [3.8, 4) is 16.8 Å². The van der Waals surface area contributed by atoms with E-state index in [4.69, 9.17) is 4.99 Å². The molecule has 6 aromatic carbocycles. The standard InChI is InChI=1S/C44H30N4/c1-2-13-33(14-3-1)46-28-26-38-41(46)25-24-37-36-16-6-7-19-42(36)48(43(37)38)44-45-29-39(40-18-8-9-27-47(40)44)32-22-20-31(21-23-32)35-17-10-12-30-11-4-5-15-34(30)35/h1-26,28-29H,27H2. The van der Waals surface area contributed by atoms with Crippen molar-refractivity contribution in [3.63, 3.8) is 0 Å². The Morgan fingerprint density at radius 3 is 2.23 bits per heavy atom. The first-order valence-electron chi connectivity index (χ1n) is 16.4. The van der Waals surface area contributed by atoms with E-state index >= 15 is 0 Å². The molecule has 2 aliphatic rings. The summed E-state index contributed by atoms with van der Waals surface area (Å²) in [7, 11) is 0. The van der Waals surface area contributed by atoms with Gasteiger partial charge in [0.25, 0.3) is 0 Å². The number of fused-ring (bicyclic) bond motifs is 7. The normalized spacial score (nSPS) is 14.4. The lowest BCUT2D eigenvalue weighted by atomic mass is 9.95. The summed E-state index contributed by atoms with van der Waals surface area (Å²) in [4.78, 5) is 7.62. The Kier molecular flexibility index (Phi) is 5.90. The summed E-state index contributed by atoms with van der Waals surface area (Å²) in [6.45, 7) is 0.741. The predicted octanol–water partition coefficient (Wildman–Crippen LogP) is 10.6. The third kappa shape index (κ3) is 3.99. The van der Waals surface area contributed by atoms with Crippen molar-refractivity contribution in [1.82, 2.24) is 14.0 Å². The summed E-state index contributed by atoms with van der Waals surface area (Å²) in [5.74, 6) is 0.910. The highest BCUT2D eigenvalue weighted by Crippen LogP contribution is 2.39. The number of nitrogens with zero attached hydrogens (tertiary/aromatic N) is 4. The average molecular weight is 615 g/mol. The molecule has 0 atom stereocenters. The minimum atomic E-state index is 0.741. The molecule has 4 nitrogen and oxygen atoms in total. The Bertz CT molecular complexity index is 2680. The number of allylic oxidation sites excluding steroid dienone is 3. The van der Waals surface area contributed by atoms with E-state index in [0.717, 1.165) is 40.5 Å². The maximum atomic E-state index is 5.27. The van der Waals surface area contributed by atoms with Gasteiger partial charge in [-0.2, -0.15) is 0 Å². The molecule has 0 unspecified atom stereocenters. The average Bonchev–Trinajstić information content (AvgIpc) is 3.74. The molecule has 4 heterocycles. The second-order valence-electron chi connectivity index (χ2n) is 12.4. The molecule has 0 amide bonds. The first-order valence-corrected chi connectivity index (χ1v) is 16.4. The van der Waals surface area contributed by atoms with E-state index in [1.54, 1.807) is 0 Å². The van der Waals surface area contributed by atoms with Gasteiger partial charge in [-0.05, 0) is 63.9 Å². The van der Waals surface area contributed by atoms with Crippen molar-refractivity contribution < 1.29 is 0 Å². The number of para-hydroxylation sites is 2. The molecule has 0 saturated carbocycles. The lowest BCUT2D eigenvalue weighted by Gasteiger charge is -2.34. The second kappa shape index (κ2) is 10.6. The van der Waals surface area contributed by atoms with Crippen LogP contribution in [0.3, 0.4) is 0 Å². The highest BCUT2D eigenvalue weighted by Gasteiger charge is 2.29. The van der Waals surface area contributed by atoms with Gasteiger partial charge >= 0.3 is 0 Å². The molecule has 0 N–H and O–H groups in total. The Balaban J connectivity index is 1.14. The molecule has 226 valence electrons. The summed E-state index contributed by atoms with van der Waals surface area (Å²) in [5.41, 5.74) is 10.5. The van der Waals surface area contributed by atoms with Crippen molar-refractivity contribution in [2.24, 2.45) is 4.99 Å². The molecule has 8 aromatic rings. The topological polar surface area (TPSA) is 25.5 Å². The van der Waals surface area contributed by atoms with Crippen molar-refractivity contribution in [1.29, 1.82) is 0 Å². The SMILES string of the molecule is C1=CCN2C(=C1)C(c1ccc(-c3cccc4ccccc34)cc1)=CN=C2n1c2ccccc2c2ccc3c(ccn3-c3ccccc3)c21. The van der Waals surface area contributed by atoms with Crippen molar-refractivity contribution >= 4 is 55.0 Å². The highest BCUT2D eigenvalue weighted by atomic mass is 15.3. The first kappa shape index (κ1) is 26.8. The smallest absolute Gasteiger partial charge is 0.215 e. The second-order valence-corrected chi connectivity index (χ2v) is 12.4. The highest BCUT2D eigenvalue weighted by molar-refractivity contribution is 6.22. The van der Waals surface area contributed by atoms with E-state index in [1.807, 2.05) is 0 Å².